The summed E-state index contributed by atoms with van der Waals surface area (Å²) in [5.41, 5.74) is 5.49. The molecule has 0 aromatic carbocycles. The number of hydrogen-bond acceptors (Lipinski definition) is 2. The molecule has 0 spiro atoms. The van der Waals surface area contributed by atoms with Crippen molar-refractivity contribution in [2.75, 3.05) is 6.54 Å². The Balaban J connectivity index is 2.61. The van der Waals surface area contributed by atoms with Crippen LogP contribution in [0.5, 0.6) is 0 Å². The first-order valence-corrected chi connectivity index (χ1v) is 4.09. The van der Waals surface area contributed by atoms with Crippen molar-refractivity contribution >= 4 is 5.97 Å². The zero-order valence-electron chi connectivity index (χ0n) is 6.79. The summed E-state index contributed by atoms with van der Waals surface area (Å²) in [6.45, 7) is 2.60. The van der Waals surface area contributed by atoms with E-state index < -0.39 is 5.97 Å². The van der Waals surface area contributed by atoms with Crippen molar-refractivity contribution in [3.63, 3.8) is 0 Å². The third kappa shape index (κ3) is 1.53. The van der Waals surface area contributed by atoms with E-state index in [2.05, 4.69) is 6.92 Å². The van der Waals surface area contributed by atoms with E-state index in [4.69, 9.17) is 10.8 Å². The van der Waals surface area contributed by atoms with Gasteiger partial charge in [0.25, 0.3) is 0 Å². The Bertz CT molecular complexity index is 158. The largest absolute Gasteiger partial charge is 0.481 e. The number of carboxylic acids is 1. The Morgan fingerprint density at radius 3 is 2.64 bits per heavy atom. The highest BCUT2D eigenvalue weighted by Crippen LogP contribution is 2.35. The lowest BCUT2D eigenvalue weighted by atomic mass is 9.91. The SMILES string of the molecule is C[C@@H]1CC[C@H](C(=O)O)[C@H]1CN. The van der Waals surface area contributed by atoms with Gasteiger partial charge in [0.1, 0.15) is 0 Å². The van der Waals surface area contributed by atoms with Crippen molar-refractivity contribution in [3.05, 3.63) is 0 Å². The first-order valence-electron chi connectivity index (χ1n) is 4.09. The van der Waals surface area contributed by atoms with E-state index in [1.54, 1.807) is 0 Å². The maximum Gasteiger partial charge on any atom is 0.306 e. The van der Waals surface area contributed by atoms with E-state index in [0.29, 0.717) is 12.5 Å². The van der Waals surface area contributed by atoms with Gasteiger partial charge in [-0.2, -0.15) is 0 Å². The minimum absolute atomic E-state index is 0.185. The van der Waals surface area contributed by atoms with Crippen molar-refractivity contribution in [2.24, 2.45) is 23.5 Å². The molecular weight excluding hydrogens is 142 g/mol. The molecule has 64 valence electrons. The lowest BCUT2D eigenvalue weighted by Crippen LogP contribution is -2.27. The van der Waals surface area contributed by atoms with E-state index in [0.717, 1.165) is 12.8 Å². The van der Waals surface area contributed by atoms with Gasteiger partial charge in [-0.15, -0.1) is 0 Å². The molecule has 1 rings (SSSR count). The molecule has 1 saturated carbocycles. The number of hydrogen-bond donors (Lipinski definition) is 2. The van der Waals surface area contributed by atoms with E-state index >= 15 is 0 Å². The predicted octanol–water partition coefficient (Wildman–Crippen LogP) is 0.692. The van der Waals surface area contributed by atoms with Crippen LogP contribution in [0, 0.1) is 17.8 Å². The summed E-state index contributed by atoms with van der Waals surface area (Å²) in [4.78, 5) is 10.7. The van der Waals surface area contributed by atoms with Crippen LogP contribution in [0.2, 0.25) is 0 Å². The Hall–Kier alpha value is -0.570. The zero-order chi connectivity index (χ0) is 8.43. The van der Waals surface area contributed by atoms with Gasteiger partial charge in [0.05, 0.1) is 5.92 Å². The van der Waals surface area contributed by atoms with Crippen molar-refractivity contribution in [3.8, 4) is 0 Å². The summed E-state index contributed by atoms with van der Waals surface area (Å²) in [5, 5.41) is 8.78. The zero-order valence-corrected chi connectivity index (χ0v) is 6.79. The molecule has 0 aromatic heterocycles. The molecule has 0 aliphatic heterocycles. The van der Waals surface area contributed by atoms with Crippen LogP contribution in [0.3, 0.4) is 0 Å². The molecule has 3 nitrogen and oxygen atoms in total. The molecule has 0 bridgehead atoms. The van der Waals surface area contributed by atoms with Gasteiger partial charge in [0.15, 0.2) is 0 Å². The molecule has 1 aliphatic rings. The lowest BCUT2D eigenvalue weighted by Gasteiger charge is -2.16. The average molecular weight is 157 g/mol. The summed E-state index contributed by atoms with van der Waals surface area (Å²) in [6, 6.07) is 0. The topological polar surface area (TPSA) is 63.3 Å². The van der Waals surface area contributed by atoms with Crippen molar-refractivity contribution in [1.82, 2.24) is 0 Å². The van der Waals surface area contributed by atoms with E-state index in [9.17, 15) is 4.79 Å². The fraction of sp³-hybridized carbons (Fsp3) is 0.875. The van der Waals surface area contributed by atoms with Gasteiger partial charge in [0, 0.05) is 0 Å². The highest BCUT2D eigenvalue weighted by Gasteiger charge is 2.36. The summed E-state index contributed by atoms with van der Waals surface area (Å²) in [5.74, 6) is -0.173. The monoisotopic (exact) mass is 157 g/mol. The number of nitrogens with two attached hydrogens (primary N) is 1. The number of rotatable bonds is 2. The van der Waals surface area contributed by atoms with E-state index in [-0.39, 0.29) is 11.8 Å². The maximum absolute atomic E-state index is 10.7. The molecule has 3 heteroatoms. The molecule has 1 aliphatic carbocycles. The standard InChI is InChI=1S/C8H15NO2/c1-5-2-3-6(8(10)11)7(5)4-9/h5-7H,2-4,9H2,1H3,(H,10,11)/t5-,6+,7+/m1/s1. The predicted molar refractivity (Wildman–Crippen MR) is 42.1 cm³/mol. The highest BCUT2D eigenvalue weighted by molar-refractivity contribution is 5.70. The van der Waals surface area contributed by atoms with Crippen LogP contribution in [0.4, 0.5) is 0 Å². The molecule has 0 unspecified atom stereocenters. The van der Waals surface area contributed by atoms with Crippen LogP contribution in [0.25, 0.3) is 0 Å². The summed E-state index contributed by atoms with van der Waals surface area (Å²) in [7, 11) is 0. The van der Waals surface area contributed by atoms with Gasteiger partial charge in [-0.05, 0) is 31.2 Å². The van der Waals surface area contributed by atoms with Gasteiger partial charge in [0.2, 0.25) is 0 Å². The molecule has 3 N–H and O–H groups in total. The Labute approximate surface area is 66.6 Å². The number of aliphatic carboxylic acids is 1. The fourth-order valence-electron chi connectivity index (χ4n) is 1.97. The molecule has 0 amide bonds. The first-order chi connectivity index (χ1) is 5.16. The van der Waals surface area contributed by atoms with Crippen LogP contribution in [0.15, 0.2) is 0 Å². The molecule has 0 saturated heterocycles. The van der Waals surface area contributed by atoms with Gasteiger partial charge in [-0.25, -0.2) is 0 Å². The van der Waals surface area contributed by atoms with Crippen LogP contribution < -0.4 is 5.73 Å². The third-order valence-electron chi connectivity index (χ3n) is 2.77. The highest BCUT2D eigenvalue weighted by atomic mass is 16.4. The van der Waals surface area contributed by atoms with Crippen LogP contribution in [-0.4, -0.2) is 17.6 Å². The number of carboxylic acid groups (broad SMARTS) is 1. The Kier molecular flexibility index (Phi) is 2.49. The Morgan fingerprint density at radius 1 is 1.64 bits per heavy atom. The molecule has 0 heterocycles. The molecular formula is C8H15NO2. The number of carbonyl (C=O) groups is 1. The summed E-state index contributed by atoms with van der Waals surface area (Å²) >= 11 is 0. The van der Waals surface area contributed by atoms with Gasteiger partial charge in [-0.1, -0.05) is 6.92 Å². The normalized spacial score (nSPS) is 37.5. The summed E-state index contributed by atoms with van der Waals surface area (Å²) in [6.07, 6.45) is 1.82. The van der Waals surface area contributed by atoms with Crippen LogP contribution in [-0.2, 0) is 4.79 Å². The fourth-order valence-corrected chi connectivity index (χ4v) is 1.97. The van der Waals surface area contributed by atoms with Crippen LogP contribution in [0.1, 0.15) is 19.8 Å². The molecule has 1 fully saturated rings. The smallest absolute Gasteiger partial charge is 0.306 e. The van der Waals surface area contributed by atoms with Gasteiger partial charge < -0.3 is 10.8 Å². The third-order valence-corrected chi connectivity index (χ3v) is 2.77. The Morgan fingerprint density at radius 2 is 2.27 bits per heavy atom. The van der Waals surface area contributed by atoms with Crippen molar-refractivity contribution < 1.29 is 9.90 Å². The molecule has 3 atom stereocenters. The minimum Gasteiger partial charge on any atom is -0.481 e. The second kappa shape index (κ2) is 3.22. The van der Waals surface area contributed by atoms with Gasteiger partial charge >= 0.3 is 5.97 Å². The second-order valence-corrected chi connectivity index (χ2v) is 3.40. The van der Waals surface area contributed by atoms with Crippen molar-refractivity contribution in [1.29, 1.82) is 0 Å². The quantitative estimate of drug-likeness (QED) is 0.620. The average Bonchev–Trinajstić information content (AvgIpc) is 2.30. The van der Waals surface area contributed by atoms with Crippen molar-refractivity contribution in [2.45, 2.75) is 19.8 Å². The van der Waals surface area contributed by atoms with Crippen LogP contribution >= 0.6 is 0 Å². The van der Waals surface area contributed by atoms with Gasteiger partial charge in [-0.3, -0.25) is 4.79 Å². The summed E-state index contributed by atoms with van der Waals surface area (Å²) < 4.78 is 0. The molecule has 11 heavy (non-hydrogen) atoms. The second-order valence-electron chi connectivity index (χ2n) is 3.40. The lowest BCUT2D eigenvalue weighted by molar-refractivity contribution is -0.143. The maximum atomic E-state index is 10.7. The van der Waals surface area contributed by atoms with E-state index in [1.165, 1.54) is 0 Å². The first kappa shape index (κ1) is 8.53. The molecule has 0 aromatic rings. The van der Waals surface area contributed by atoms with E-state index in [1.807, 2.05) is 0 Å². The molecule has 0 radical (unpaired) electrons. The minimum atomic E-state index is -0.676.